The van der Waals surface area contributed by atoms with Crippen molar-refractivity contribution < 1.29 is 14.7 Å². The minimum atomic E-state index is -0.859. The highest BCUT2D eigenvalue weighted by molar-refractivity contribution is 7.09. The third-order valence-corrected chi connectivity index (χ3v) is 4.51. The zero-order chi connectivity index (χ0) is 17.0. The molecule has 0 spiro atoms. The number of hydrogen-bond donors (Lipinski definition) is 2. The van der Waals surface area contributed by atoms with Crippen LogP contribution in [0.1, 0.15) is 22.6 Å². The molecule has 6 nitrogen and oxygen atoms in total. The van der Waals surface area contributed by atoms with Crippen molar-refractivity contribution in [2.45, 2.75) is 33.2 Å². The van der Waals surface area contributed by atoms with E-state index >= 15 is 0 Å². The van der Waals surface area contributed by atoms with Crippen LogP contribution in [-0.4, -0.2) is 21.6 Å². The van der Waals surface area contributed by atoms with Crippen LogP contribution in [0.15, 0.2) is 29.1 Å². The number of aryl methyl sites for hydroxylation is 2. The molecule has 0 aliphatic rings. The lowest BCUT2D eigenvalue weighted by molar-refractivity contribution is -0.137. The van der Waals surface area contributed by atoms with Gasteiger partial charge in [0, 0.05) is 22.7 Å². The maximum atomic E-state index is 12.1. The normalized spacial score (nSPS) is 10.5. The molecule has 0 atom stereocenters. The van der Waals surface area contributed by atoms with Gasteiger partial charge in [0.05, 0.1) is 0 Å². The number of hydrogen-bond acceptors (Lipinski definition) is 4. The average molecular weight is 334 g/mol. The summed E-state index contributed by atoms with van der Waals surface area (Å²) in [5.41, 5.74) is 2.23. The molecule has 1 aromatic carbocycles. The second kappa shape index (κ2) is 7.23. The van der Waals surface area contributed by atoms with Crippen molar-refractivity contribution in [2.75, 3.05) is 5.32 Å². The van der Waals surface area contributed by atoms with Crippen molar-refractivity contribution in [3.05, 3.63) is 50.1 Å². The third-order valence-electron chi connectivity index (χ3n) is 3.52. The van der Waals surface area contributed by atoms with E-state index in [0.29, 0.717) is 12.1 Å². The monoisotopic (exact) mass is 334 g/mol. The number of nitrogens with one attached hydrogen (secondary N) is 1. The van der Waals surface area contributed by atoms with Crippen LogP contribution in [0.2, 0.25) is 0 Å². The quantitative estimate of drug-likeness (QED) is 0.847. The molecule has 0 fully saturated rings. The molecule has 0 bridgehead atoms. The largest absolute Gasteiger partial charge is 0.481 e. The van der Waals surface area contributed by atoms with E-state index in [1.807, 2.05) is 19.9 Å². The van der Waals surface area contributed by atoms with Crippen molar-refractivity contribution in [1.82, 2.24) is 4.57 Å². The summed E-state index contributed by atoms with van der Waals surface area (Å²) in [7, 11) is 0. The smallest absolute Gasteiger partial charge is 0.308 e. The van der Waals surface area contributed by atoms with Crippen LogP contribution >= 0.6 is 11.3 Å². The van der Waals surface area contributed by atoms with Crippen LogP contribution < -0.4 is 10.2 Å². The molecule has 7 heteroatoms. The second-order valence-corrected chi connectivity index (χ2v) is 6.40. The number of aromatic nitrogens is 1. The van der Waals surface area contributed by atoms with Crippen LogP contribution in [0, 0.1) is 13.8 Å². The Balaban J connectivity index is 2.04. The zero-order valence-electron chi connectivity index (χ0n) is 13.0. The van der Waals surface area contributed by atoms with Gasteiger partial charge in [-0.3, -0.25) is 19.0 Å². The molecule has 1 aromatic heterocycles. The summed E-state index contributed by atoms with van der Waals surface area (Å²) in [6.45, 7) is 3.63. The number of carboxylic acids is 1. The molecule has 0 aliphatic carbocycles. The first kappa shape index (κ1) is 17.0. The van der Waals surface area contributed by atoms with Gasteiger partial charge in [0.2, 0.25) is 5.91 Å². The van der Waals surface area contributed by atoms with Crippen LogP contribution in [0.5, 0.6) is 0 Å². The summed E-state index contributed by atoms with van der Waals surface area (Å²) in [6, 6.07) is 7.06. The molecular weight excluding hydrogens is 316 g/mol. The van der Waals surface area contributed by atoms with E-state index in [1.54, 1.807) is 18.2 Å². The minimum Gasteiger partial charge on any atom is -0.481 e. The Hall–Kier alpha value is -2.41. The summed E-state index contributed by atoms with van der Waals surface area (Å²) >= 11 is 1.13. The number of carbonyl (C=O) groups excluding carboxylic acids is 1. The van der Waals surface area contributed by atoms with Gasteiger partial charge in [0.25, 0.3) is 0 Å². The number of anilines is 1. The molecule has 0 saturated carbocycles. The number of aliphatic carboxylic acids is 1. The average Bonchev–Trinajstić information content (AvgIpc) is 2.72. The first-order chi connectivity index (χ1) is 10.9. The number of benzene rings is 1. The maximum absolute atomic E-state index is 12.1. The lowest BCUT2D eigenvalue weighted by Gasteiger charge is -2.08. The van der Waals surface area contributed by atoms with E-state index in [0.717, 1.165) is 27.5 Å². The first-order valence-electron chi connectivity index (χ1n) is 7.14. The second-order valence-electron chi connectivity index (χ2n) is 5.24. The lowest BCUT2D eigenvalue weighted by atomic mass is 10.1. The molecule has 122 valence electrons. The van der Waals surface area contributed by atoms with Crippen molar-refractivity contribution in [3.8, 4) is 0 Å². The number of amides is 1. The topological polar surface area (TPSA) is 88.4 Å². The van der Waals surface area contributed by atoms with E-state index in [2.05, 4.69) is 5.32 Å². The van der Waals surface area contributed by atoms with Gasteiger partial charge in [-0.05, 0) is 38.0 Å². The molecule has 1 heterocycles. The van der Waals surface area contributed by atoms with Gasteiger partial charge >= 0.3 is 10.8 Å². The summed E-state index contributed by atoms with van der Waals surface area (Å²) < 4.78 is 1.45. The van der Waals surface area contributed by atoms with Gasteiger partial charge in [-0.1, -0.05) is 23.5 Å². The van der Waals surface area contributed by atoms with E-state index in [-0.39, 0.29) is 23.7 Å². The summed E-state index contributed by atoms with van der Waals surface area (Å²) in [5, 5.41) is 11.4. The number of carboxylic acid groups (broad SMARTS) is 1. The molecule has 2 rings (SSSR count). The maximum Gasteiger partial charge on any atom is 0.308 e. The van der Waals surface area contributed by atoms with Crippen LogP contribution in [0.25, 0.3) is 0 Å². The van der Waals surface area contributed by atoms with Crippen LogP contribution in [0.3, 0.4) is 0 Å². The van der Waals surface area contributed by atoms with Crippen LogP contribution in [0.4, 0.5) is 5.69 Å². The van der Waals surface area contributed by atoms with E-state index in [1.165, 1.54) is 4.57 Å². The summed E-state index contributed by atoms with van der Waals surface area (Å²) in [4.78, 5) is 35.3. The summed E-state index contributed by atoms with van der Waals surface area (Å²) in [5.74, 6) is -1.15. The van der Waals surface area contributed by atoms with Gasteiger partial charge < -0.3 is 10.4 Å². The molecule has 2 N–H and O–H groups in total. The molecular formula is C16H18N2O4S. The number of rotatable bonds is 6. The Morgan fingerprint density at radius 2 is 2.04 bits per heavy atom. The van der Waals surface area contributed by atoms with Gasteiger partial charge in [-0.15, -0.1) is 0 Å². The highest BCUT2D eigenvalue weighted by Crippen LogP contribution is 2.13. The molecule has 0 aliphatic heterocycles. The number of thiazole rings is 1. The van der Waals surface area contributed by atoms with Crippen molar-refractivity contribution >= 4 is 28.9 Å². The summed E-state index contributed by atoms with van der Waals surface area (Å²) in [6.07, 6.45) is 0.446. The fourth-order valence-electron chi connectivity index (χ4n) is 2.17. The van der Waals surface area contributed by atoms with Gasteiger partial charge in [0.1, 0.15) is 6.54 Å². The Bertz CT molecular complexity index is 792. The minimum absolute atomic E-state index is 0.0334. The number of carbonyl (C=O) groups is 2. The van der Waals surface area contributed by atoms with Gasteiger partial charge in [-0.2, -0.15) is 0 Å². The Labute approximate surface area is 137 Å². The molecule has 2 aromatic rings. The highest BCUT2D eigenvalue weighted by atomic mass is 32.1. The van der Waals surface area contributed by atoms with E-state index < -0.39 is 5.97 Å². The predicted molar refractivity (Wildman–Crippen MR) is 89.1 cm³/mol. The fraction of sp³-hybridized carbons (Fsp3) is 0.312. The van der Waals surface area contributed by atoms with Crippen LogP contribution in [-0.2, 0) is 22.6 Å². The Morgan fingerprint density at radius 3 is 2.65 bits per heavy atom. The number of nitrogens with zero attached hydrogens (tertiary/aromatic N) is 1. The predicted octanol–water partition coefficient (Wildman–Crippen LogP) is 2.18. The van der Waals surface area contributed by atoms with E-state index in [4.69, 9.17) is 5.11 Å². The van der Waals surface area contributed by atoms with Crippen molar-refractivity contribution in [1.29, 1.82) is 0 Å². The lowest BCUT2D eigenvalue weighted by Crippen LogP contribution is -2.25. The SMILES string of the molecule is Cc1sc(=O)n(CC(=O)Nc2cccc(CCC(=O)O)c2)c1C. The molecule has 23 heavy (non-hydrogen) atoms. The zero-order valence-corrected chi connectivity index (χ0v) is 13.8. The third kappa shape index (κ3) is 4.53. The Kier molecular flexibility index (Phi) is 5.33. The fourth-order valence-corrected chi connectivity index (χ4v) is 3.00. The Morgan fingerprint density at radius 1 is 1.30 bits per heavy atom. The van der Waals surface area contributed by atoms with Gasteiger partial charge in [-0.25, -0.2) is 0 Å². The molecule has 0 radical (unpaired) electrons. The molecule has 1 amide bonds. The van der Waals surface area contributed by atoms with Crippen molar-refractivity contribution in [3.63, 3.8) is 0 Å². The van der Waals surface area contributed by atoms with Crippen molar-refractivity contribution in [2.24, 2.45) is 0 Å². The van der Waals surface area contributed by atoms with Gasteiger partial charge in [0.15, 0.2) is 0 Å². The molecule has 0 saturated heterocycles. The van der Waals surface area contributed by atoms with E-state index in [9.17, 15) is 14.4 Å². The molecule has 0 unspecified atom stereocenters. The first-order valence-corrected chi connectivity index (χ1v) is 7.96. The standard InChI is InChI=1S/C16H18N2O4S/c1-10-11(2)23-16(22)18(10)9-14(19)17-13-5-3-4-12(8-13)6-7-15(20)21/h3-5,8H,6-7,9H2,1-2H3,(H,17,19)(H,20,21). The highest BCUT2D eigenvalue weighted by Gasteiger charge is 2.11.